The van der Waals surface area contributed by atoms with E-state index >= 15 is 0 Å². The van der Waals surface area contributed by atoms with Crippen LogP contribution in [-0.4, -0.2) is 59.5 Å². The fraction of sp³-hybridized carbons (Fsp3) is 0.611. The molecule has 1 aliphatic heterocycles. The minimum absolute atomic E-state index is 0.189. The Morgan fingerprint density at radius 3 is 2.96 bits per heavy atom. The molecule has 1 fully saturated rings. The Hall–Kier alpha value is -1.22. The van der Waals surface area contributed by atoms with Gasteiger partial charge in [0.15, 0.2) is 0 Å². The lowest BCUT2D eigenvalue weighted by Gasteiger charge is -2.25. The molecule has 3 heterocycles. The number of aryl methyl sites for hydroxylation is 2. The van der Waals surface area contributed by atoms with E-state index in [1.807, 2.05) is 6.92 Å². The summed E-state index contributed by atoms with van der Waals surface area (Å²) >= 11 is 3.28. The molecule has 0 radical (unpaired) electrons. The van der Waals surface area contributed by atoms with Gasteiger partial charge in [-0.25, -0.2) is 9.97 Å². The number of thioether (sulfide) groups is 1. The third-order valence-electron chi connectivity index (χ3n) is 4.68. The second-order valence-electron chi connectivity index (χ2n) is 6.46. The smallest absolute Gasteiger partial charge is 0.316 e. The first kappa shape index (κ1) is 18.2. The lowest BCUT2D eigenvalue weighted by atomic mass is 10.2. The highest BCUT2D eigenvalue weighted by Gasteiger charge is 2.23. The van der Waals surface area contributed by atoms with E-state index < -0.39 is 0 Å². The molecule has 2 aliphatic rings. The summed E-state index contributed by atoms with van der Waals surface area (Å²) in [5, 5.41) is 2.10. The van der Waals surface area contributed by atoms with Gasteiger partial charge in [0.25, 0.3) is 0 Å². The molecule has 1 saturated heterocycles. The summed E-state index contributed by atoms with van der Waals surface area (Å²) in [6, 6.07) is 0. The molecule has 6 nitrogen and oxygen atoms in total. The van der Waals surface area contributed by atoms with E-state index in [1.54, 1.807) is 11.3 Å². The van der Waals surface area contributed by atoms with Gasteiger partial charge in [0.2, 0.25) is 0 Å². The number of fused-ring (bicyclic) bond motifs is 3. The van der Waals surface area contributed by atoms with Gasteiger partial charge in [-0.3, -0.25) is 9.69 Å². The van der Waals surface area contributed by atoms with Gasteiger partial charge >= 0.3 is 5.97 Å². The molecule has 0 bridgehead atoms. The van der Waals surface area contributed by atoms with Gasteiger partial charge in [0.1, 0.15) is 15.7 Å². The SMILES string of the molecule is CCOC(=O)CSc1nc(CN2CCOCC2)nc2sc3c(c12)CCC3. The molecule has 4 rings (SSSR count). The predicted molar refractivity (Wildman–Crippen MR) is 103 cm³/mol. The monoisotopic (exact) mass is 393 g/mol. The number of ether oxygens (including phenoxy) is 2. The highest BCUT2D eigenvalue weighted by atomic mass is 32.2. The standard InChI is InChI=1S/C18H23N3O3S2/c1-2-24-15(22)11-25-17-16-12-4-3-5-13(12)26-18(16)20-14(19-17)10-21-6-8-23-9-7-21/h2-11H2,1H3. The van der Waals surface area contributed by atoms with E-state index in [0.29, 0.717) is 12.4 Å². The highest BCUT2D eigenvalue weighted by molar-refractivity contribution is 8.00. The molecule has 2 aromatic heterocycles. The van der Waals surface area contributed by atoms with Gasteiger partial charge in [-0.1, -0.05) is 11.8 Å². The normalized spacial score (nSPS) is 17.6. The topological polar surface area (TPSA) is 64.5 Å². The van der Waals surface area contributed by atoms with Crippen LogP contribution in [-0.2, 0) is 33.7 Å². The average Bonchev–Trinajstić information content (AvgIpc) is 3.21. The largest absolute Gasteiger partial charge is 0.465 e. The second kappa shape index (κ2) is 8.21. The zero-order valence-corrected chi connectivity index (χ0v) is 16.6. The number of morpholine rings is 1. The zero-order chi connectivity index (χ0) is 17.9. The van der Waals surface area contributed by atoms with Crippen LogP contribution in [0.25, 0.3) is 10.2 Å². The Morgan fingerprint density at radius 2 is 2.15 bits per heavy atom. The fourth-order valence-corrected chi connectivity index (χ4v) is 5.69. The number of carbonyl (C=O) groups is 1. The molecule has 0 atom stereocenters. The van der Waals surface area contributed by atoms with Crippen LogP contribution in [0.3, 0.4) is 0 Å². The van der Waals surface area contributed by atoms with Crippen molar-refractivity contribution < 1.29 is 14.3 Å². The number of nitrogens with zero attached hydrogens (tertiary/aromatic N) is 3. The number of esters is 1. The van der Waals surface area contributed by atoms with Crippen molar-refractivity contribution in [3.05, 3.63) is 16.3 Å². The van der Waals surface area contributed by atoms with Gasteiger partial charge < -0.3 is 9.47 Å². The van der Waals surface area contributed by atoms with E-state index in [2.05, 4.69) is 4.90 Å². The van der Waals surface area contributed by atoms with Crippen molar-refractivity contribution in [3.8, 4) is 0 Å². The molecule has 2 aromatic rings. The number of rotatable bonds is 6. The molecule has 140 valence electrons. The molecule has 0 saturated carbocycles. The van der Waals surface area contributed by atoms with Crippen LogP contribution in [0, 0.1) is 0 Å². The zero-order valence-electron chi connectivity index (χ0n) is 15.0. The fourth-order valence-electron chi connectivity index (χ4n) is 3.47. The summed E-state index contributed by atoms with van der Waals surface area (Å²) in [5.74, 6) is 0.943. The van der Waals surface area contributed by atoms with Crippen LogP contribution in [0.1, 0.15) is 29.6 Å². The average molecular weight is 394 g/mol. The molecule has 8 heteroatoms. The molecule has 0 unspecified atom stereocenters. The van der Waals surface area contributed by atoms with Gasteiger partial charge in [0.05, 0.1) is 32.1 Å². The lowest BCUT2D eigenvalue weighted by Crippen LogP contribution is -2.36. The Kier molecular flexibility index (Phi) is 5.73. The van der Waals surface area contributed by atoms with Crippen molar-refractivity contribution in [2.45, 2.75) is 37.8 Å². The first-order chi connectivity index (χ1) is 12.7. The Labute approximate surface area is 161 Å². The number of aromatic nitrogens is 2. The molecule has 0 N–H and O–H groups in total. The molecule has 0 spiro atoms. The van der Waals surface area contributed by atoms with Crippen LogP contribution in [0.4, 0.5) is 0 Å². The Bertz CT molecular complexity index is 803. The van der Waals surface area contributed by atoms with E-state index in [4.69, 9.17) is 19.4 Å². The van der Waals surface area contributed by atoms with E-state index in [1.165, 1.54) is 34.0 Å². The Morgan fingerprint density at radius 1 is 1.31 bits per heavy atom. The highest BCUT2D eigenvalue weighted by Crippen LogP contribution is 2.40. The van der Waals surface area contributed by atoms with Crippen molar-refractivity contribution >= 4 is 39.3 Å². The summed E-state index contributed by atoms with van der Waals surface area (Å²) < 4.78 is 10.5. The second-order valence-corrected chi connectivity index (χ2v) is 8.51. The summed E-state index contributed by atoms with van der Waals surface area (Å²) in [7, 11) is 0. The maximum absolute atomic E-state index is 11.8. The minimum atomic E-state index is -0.189. The van der Waals surface area contributed by atoms with Gasteiger partial charge in [-0.2, -0.15) is 0 Å². The molecule has 26 heavy (non-hydrogen) atoms. The first-order valence-corrected chi connectivity index (χ1v) is 10.9. The van der Waals surface area contributed by atoms with Gasteiger partial charge in [-0.15, -0.1) is 11.3 Å². The van der Waals surface area contributed by atoms with Crippen molar-refractivity contribution in [1.82, 2.24) is 14.9 Å². The van der Waals surface area contributed by atoms with Gasteiger partial charge in [0, 0.05) is 23.4 Å². The summed E-state index contributed by atoms with van der Waals surface area (Å²) in [6.07, 6.45) is 3.43. The number of hydrogen-bond acceptors (Lipinski definition) is 8. The molecule has 1 aliphatic carbocycles. The van der Waals surface area contributed by atoms with Crippen molar-refractivity contribution in [3.63, 3.8) is 0 Å². The lowest BCUT2D eigenvalue weighted by molar-refractivity contribution is -0.139. The molecule has 0 amide bonds. The van der Waals surface area contributed by atoms with Crippen molar-refractivity contribution in [1.29, 1.82) is 0 Å². The first-order valence-electron chi connectivity index (χ1n) is 9.14. The number of carbonyl (C=O) groups excluding carboxylic acids is 1. The van der Waals surface area contributed by atoms with Crippen LogP contribution in [0.15, 0.2) is 5.03 Å². The number of hydrogen-bond donors (Lipinski definition) is 0. The van der Waals surface area contributed by atoms with E-state index in [0.717, 1.165) is 61.4 Å². The van der Waals surface area contributed by atoms with Crippen LogP contribution in [0.2, 0.25) is 0 Å². The van der Waals surface area contributed by atoms with Crippen LogP contribution < -0.4 is 0 Å². The van der Waals surface area contributed by atoms with Crippen molar-refractivity contribution in [2.24, 2.45) is 0 Å². The maximum atomic E-state index is 11.8. The molecule has 0 aromatic carbocycles. The Balaban J connectivity index is 1.62. The maximum Gasteiger partial charge on any atom is 0.316 e. The van der Waals surface area contributed by atoms with E-state index in [-0.39, 0.29) is 5.97 Å². The quantitative estimate of drug-likeness (QED) is 0.425. The third-order valence-corrected chi connectivity index (χ3v) is 6.81. The van der Waals surface area contributed by atoms with Crippen LogP contribution in [0.5, 0.6) is 0 Å². The van der Waals surface area contributed by atoms with Gasteiger partial charge in [-0.05, 0) is 31.7 Å². The summed E-state index contributed by atoms with van der Waals surface area (Å²) in [6.45, 7) is 6.32. The summed E-state index contributed by atoms with van der Waals surface area (Å²) in [5.41, 5.74) is 1.40. The molecular formula is C18H23N3O3S2. The predicted octanol–water partition coefficient (Wildman–Crippen LogP) is 2.67. The third kappa shape index (κ3) is 3.88. The van der Waals surface area contributed by atoms with Crippen LogP contribution >= 0.6 is 23.1 Å². The van der Waals surface area contributed by atoms with Crippen molar-refractivity contribution in [2.75, 3.05) is 38.7 Å². The molecular weight excluding hydrogens is 370 g/mol. The minimum Gasteiger partial charge on any atom is -0.465 e. The van der Waals surface area contributed by atoms with E-state index in [9.17, 15) is 4.79 Å². The summed E-state index contributed by atoms with van der Waals surface area (Å²) in [4.78, 5) is 26.4. The number of thiophene rings is 1.